The highest BCUT2D eigenvalue weighted by atomic mass is 16.5. The Balaban J connectivity index is 1.95. The molecule has 5 heteroatoms. The van der Waals surface area contributed by atoms with E-state index in [4.69, 9.17) is 4.74 Å². The summed E-state index contributed by atoms with van der Waals surface area (Å²) in [5.74, 6) is 1.01. The van der Waals surface area contributed by atoms with E-state index in [1.807, 2.05) is 12.4 Å². The van der Waals surface area contributed by atoms with Crippen LogP contribution in [0.2, 0.25) is 0 Å². The molecule has 18 heavy (non-hydrogen) atoms. The van der Waals surface area contributed by atoms with E-state index >= 15 is 0 Å². The van der Waals surface area contributed by atoms with Gasteiger partial charge in [0.05, 0.1) is 19.6 Å². The average Bonchev–Trinajstić information content (AvgIpc) is 2.85. The van der Waals surface area contributed by atoms with Gasteiger partial charge in [-0.1, -0.05) is 0 Å². The van der Waals surface area contributed by atoms with Crippen LogP contribution in [0.3, 0.4) is 0 Å². The number of methoxy groups -OCH3 is 1. The maximum Gasteiger partial charge on any atom is 0.309 e. The van der Waals surface area contributed by atoms with Crippen LogP contribution in [0.4, 0.5) is 0 Å². The van der Waals surface area contributed by atoms with Gasteiger partial charge in [0, 0.05) is 25.5 Å². The van der Waals surface area contributed by atoms with Crippen LogP contribution < -0.4 is 0 Å². The number of likely N-dealkylation sites (tertiary alicyclic amines) is 1. The monoisotopic (exact) mass is 251 g/mol. The first kappa shape index (κ1) is 13.1. The molecule has 0 aliphatic carbocycles. The number of esters is 1. The topological polar surface area (TPSA) is 47.4 Å². The van der Waals surface area contributed by atoms with Crippen LogP contribution in [0, 0.1) is 5.92 Å². The normalized spacial score (nSPS) is 20.9. The molecule has 0 unspecified atom stereocenters. The SMILES string of the molecule is CCn1ccnc1CN1CCC[C@H](C(=O)OC)C1. The van der Waals surface area contributed by atoms with Crippen molar-refractivity contribution in [1.82, 2.24) is 14.5 Å². The molecule has 1 atom stereocenters. The second-order valence-corrected chi connectivity index (χ2v) is 4.73. The number of carbonyl (C=O) groups is 1. The number of piperidine rings is 1. The van der Waals surface area contributed by atoms with Crippen LogP contribution in [0.15, 0.2) is 12.4 Å². The van der Waals surface area contributed by atoms with Gasteiger partial charge in [-0.2, -0.15) is 0 Å². The molecule has 1 aliphatic rings. The second-order valence-electron chi connectivity index (χ2n) is 4.73. The van der Waals surface area contributed by atoms with Crippen LogP contribution in [0.25, 0.3) is 0 Å². The molecule has 1 saturated heterocycles. The first-order valence-electron chi connectivity index (χ1n) is 6.54. The summed E-state index contributed by atoms with van der Waals surface area (Å²) in [7, 11) is 1.46. The molecule has 2 rings (SSSR count). The minimum atomic E-state index is -0.0847. The third kappa shape index (κ3) is 2.90. The summed E-state index contributed by atoms with van der Waals surface area (Å²) in [4.78, 5) is 18.2. The lowest BCUT2D eigenvalue weighted by Crippen LogP contribution is -2.39. The molecule has 0 amide bonds. The van der Waals surface area contributed by atoms with Crippen molar-refractivity contribution in [2.24, 2.45) is 5.92 Å². The van der Waals surface area contributed by atoms with Crippen molar-refractivity contribution >= 4 is 5.97 Å². The number of hydrogen-bond donors (Lipinski definition) is 0. The van der Waals surface area contributed by atoms with Gasteiger partial charge in [0.2, 0.25) is 0 Å². The maximum atomic E-state index is 11.6. The molecular weight excluding hydrogens is 230 g/mol. The van der Waals surface area contributed by atoms with Gasteiger partial charge in [0.25, 0.3) is 0 Å². The van der Waals surface area contributed by atoms with Crippen LogP contribution in [0.1, 0.15) is 25.6 Å². The summed E-state index contributed by atoms with van der Waals surface area (Å²) in [6.45, 7) is 5.67. The third-order valence-corrected chi connectivity index (χ3v) is 3.55. The number of aryl methyl sites for hydroxylation is 1. The number of aromatic nitrogens is 2. The van der Waals surface area contributed by atoms with Crippen LogP contribution in [0.5, 0.6) is 0 Å². The molecule has 2 heterocycles. The predicted molar refractivity (Wildman–Crippen MR) is 67.9 cm³/mol. The van der Waals surface area contributed by atoms with E-state index in [1.165, 1.54) is 7.11 Å². The molecule has 0 radical (unpaired) electrons. The number of ether oxygens (including phenoxy) is 1. The summed E-state index contributed by atoms with van der Waals surface area (Å²) in [6.07, 6.45) is 5.82. The van der Waals surface area contributed by atoms with E-state index < -0.39 is 0 Å². The Labute approximate surface area is 108 Å². The highest BCUT2D eigenvalue weighted by Gasteiger charge is 2.26. The fourth-order valence-electron chi connectivity index (χ4n) is 2.54. The summed E-state index contributed by atoms with van der Waals surface area (Å²) in [5.41, 5.74) is 0. The molecule has 5 nitrogen and oxygen atoms in total. The quantitative estimate of drug-likeness (QED) is 0.757. The number of carbonyl (C=O) groups excluding carboxylic acids is 1. The first-order valence-corrected chi connectivity index (χ1v) is 6.54. The fraction of sp³-hybridized carbons (Fsp3) is 0.692. The van der Waals surface area contributed by atoms with Crippen molar-refractivity contribution in [2.45, 2.75) is 32.9 Å². The second kappa shape index (κ2) is 6.00. The number of nitrogens with zero attached hydrogens (tertiary/aromatic N) is 3. The maximum absolute atomic E-state index is 11.6. The molecule has 0 aromatic carbocycles. The first-order chi connectivity index (χ1) is 8.74. The van der Waals surface area contributed by atoms with Crippen LogP contribution in [-0.4, -0.2) is 40.6 Å². The van der Waals surface area contributed by atoms with E-state index in [0.717, 1.165) is 44.8 Å². The minimum Gasteiger partial charge on any atom is -0.469 e. The average molecular weight is 251 g/mol. The summed E-state index contributed by atoms with van der Waals surface area (Å²) in [6, 6.07) is 0. The fourth-order valence-corrected chi connectivity index (χ4v) is 2.54. The number of imidazole rings is 1. The van der Waals surface area contributed by atoms with Crippen molar-refractivity contribution < 1.29 is 9.53 Å². The third-order valence-electron chi connectivity index (χ3n) is 3.55. The predicted octanol–water partition coefficient (Wildman–Crippen LogP) is 1.29. The van der Waals surface area contributed by atoms with E-state index in [2.05, 4.69) is 21.4 Å². The molecule has 0 spiro atoms. The van der Waals surface area contributed by atoms with Gasteiger partial charge in [0.1, 0.15) is 5.82 Å². The summed E-state index contributed by atoms with van der Waals surface area (Å²) in [5, 5.41) is 0. The van der Waals surface area contributed by atoms with Crippen LogP contribution in [-0.2, 0) is 22.6 Å². The van der Waals surface area contributed by atoms with E-state index in [-0.39, 0.29) is 11.9 Å². The summed E-state index contributed by atoms with van der Waals surface area (Å²) < 4.78 is 6.97. The lowest BCUT2D eigenvalue weighted by atomic mass is 9.98. The standard InChI is InChI=1S/C13H21N3O2/c1-3-16-8-6-14-12(16)10-15-7-4-5-11(9-15)13(17)18-2/h6,8,11H,3-5,7,9-10H2,1-2H3/t11-/m0/s1. The van der Waals surface area contributed by atoms with E-state index in [0.29, 0.717) is 0 Å². The van der Waals surface area contributed by atoms with Crippen molar-refractivity contribution in [2.75, 3.05) is 20.2 Å². The molecular formula is C13H21N3O2. The molecule has 0 bridgehead atoms. The molecule has 0 N–H and O–H groups in total. The molecule has 1 aliphatic heterocycles. The van der Waals surface area contributed by atoms with Gasteiger partial charge in [-0.25, -0.2) is 4.98 Å². The zero-order chi connectivity index (χ0) is 13.0. The lowest BCUT2D eigenvalue weighted by molar-refractivity contribution is -0.147. The lowest BCUT2D eigenvalue weighted by Gasteiger charge is -2.30. The Morgan fingerprint density at radius 2 is 2.44 bits per heavy atom. The zero-order valence-electron chi connectivity index (χ0n) is 11.1. The minimum absolute atomic E-state index is 0.0220. The number of hydrogen-bond acceptors (Lipinski definition) is 4. The van der Waals surface area contributed by atoms with Gasteiger partial charge >= 0.3 is 5.97 Å². The Kier molecular flexibility index (Phi) is 4.36. The molecule has 1 fully saturated rings. The van der Waals surface area contributed by atoms with Crippen molar-refractivity contribution in [3.05, 3.63) is 18.2 Å². The summed E-state index contributed by atoms with van der Waals surface area (Å²) >= 11 is 0. The molecule has 0 saturated carbocycles. The van der Waals surface area contributed by atoms with Crippen molar-refractivity contribution in [1.29, 1.82) is 0 Å². The van der Waals surface area contributed by atoms with Crippen molar-refractivity contribution in [3.63, 3.8) is 0 Å². The Bertz CT molecular complexity index is 403. The van der Waals surface area contributed by atoms with Gasteiger partial charge in [0.15, 0.2) is 0 Å². The Morgan fingerprint density at radius 3 is 3.17 bits per heavy atom. The van der Waals surface area contributed by atoms with Gasteiger partial charge in [-0.15, -0.1) is 0 Å². The molecule has 100 valence electrons. The van der Waals surface area contributed by atoms with Gasteiger partial charge < -0.3 is 9.30 Å². The number of rotatable bonds is 4. The zero-order valence-corrected chi connectivity index (χ0v) is 11.1. The Hall–Kier alpha value is -1.36. The highest BCUT2D eigenvalue weighted by molar-refractivity contribution is 5.72. The smallest absolute Gasteiger partial charge is 0.309 e. The van der Waals surface area contributed by atoms with Crippen molar-refractivity contribution in [3.8, 4) is 0 Å². The molecule has 1 aromatic heterocycles. The largest absolute Gasteiger partial charge is 0.469 e. The van der Waals surface area contributed by atoms with Gasteiger partial charge in [-0.3, -0.25) is 9.69 Å². The van der Waals surface area contributed by atoms with E-state index in [9.17, 15) is 4.79 Å². The van der Waals surface area contributed by atoms with E-state index in [1.54, 1.807) is 0 Å². The highest BCUT2D eigenvalue weighted by Crippen LogP contribution is 2.19. The van der Waals surface area contributed by atoms with Crippen LogP contribution >= 0.6 is 0 Å². The molecule has 1 aromatic rings. The van der Waals surface area contributed by atoms with Gasteiger partial charge in [-0.05, 0) is 26.3 Å². The Morgan fingerprint density at radius 1 is 1.61 bits per heavy atom.